The number of nitrogens with zero attached hydrogens (tertiary/aromatic N) is 2. The summed E-state index contributed by atoms with van der Waals surface area (Å²) in [6, 6.07) is 12.2. The fourth-order valence-corrected chi connectivity index (χ4v) is 3.08. The number of nitrogens with one attached hydrogen (secondary N) is 2. The van der Waals surface area contributed by atoms with Gasteiger partial charge in [-0.05, 0) is 24.3 Å². The molecule has 0 spiro atoms. The number of carboxylic acid groups (broad SMARTS) is 1. The van der Waals surface area contributed by atoms with Gasteiger partial charge in [-0.1, -0.05) is 0 Å². The topological polar surface area (TPSA) is 103 Å². The van der Waals surface area contributed by atoms with E-state index in [0.29, 0.717) is 49.1 Å². The third-order valence-electron chi connectivity index (χ3n) is 4.65. The largest absolute Gasteiger partial charge is 0.497 e. The van der Waals surface area contributed by atoms with E-state index in [1.54, 1.807) is 32.4 Å². The van der Waals surface area contributed by atoms with E-state index in [0.717, 1.165) is 5.69 Å². The van der Waals surface area contributed by atoms with Gasteiger partial charge in [0.25, 0.3) is 0 Å². The Morgan fingerprint density at radius 2 is 1.41 bits per heavy atom. The van der Waals surface area contributed by atoms with Gasteiger partial charge < -0.3 is 35.0 Å². The zero-order valence-electron chi connectivity index (χ0n) is 16.3. The summed E-state index contributed by atoms with van der Waals surface area (Å²) in [5.74, 6) is 1.15. The Hall–Kier alpha value is -3.62. The van der Waals surface area contributed by atoms with Crippen molar-refractivity contribution < 1.29 is 24.2 Å². The number of rotatable bonds is 5. The Bertz CT molecular complexity index is 841. The molecule has 0 atom stereocenters. The second kappa shape index (κ2) is 9.05. The predicted molar refractivity (Wildman–Crippen MR) is 110 cm³/mol. The third-order valence-corrected chi connectivity index (χ3v) is 4.65. The molecule has 2 aromatic carbocycles. The fraction of sp³-hybridized carbons (Fsp3) is 0.300. The summed E-state index contributed by atoms with van der Waals surface area (Å²) >= 11 is 0. The molecule has 9 nitrogen and oxygen atoms in total. The molecule has 0 radical (unpaired) electrons. The Labute approximate surface area is 168 Å². The van der Waals surface area contributed by atoms with Gasteiger partial charge in [0.1, 0.15) is 11.5 Å². The van der Waals surface area contributed by atoms with Crippen molar-refractivity contribution in [3.05, 3.63) is 42.5 Å². The maximum absolute atomic E-state index is 12.3. The van der Waals surface area contributed by atoms with Crippen molar-refractivity contribution >= 4 is 29.2 Å². The molecule has 3 N–H and O–H groups in total. The number of methoxy groups -OCH3 is 2. The van der Waals surface area contributed by atoms with E-state index in [1.807, 2.05) is 24.3 Å². The number of amides is 3. The lowest BCUT2D eigenvalue weighted by Gasteiger charge is -2.34. The highest BCUT2D eigenvalue weighted by molar-refractivity contribution is 6.00. The first-order valence-electron chi connectivity index (χ1n) is 9.12. The van der Waals surface area contributed by atoms with Gasteiger partial charge in [0, 0.05) is 61.4 Å². The van der Waals surface area contributed by atoms with E-state index in [4.69, 9.17) is 14.6 Å². The number of hydrogen-bond acceptors (Lipinski definition) is 5. The second-order valence-electron chi connectivity index (χ2n) is 6.48. The van der Waals surface area contributed by atoms with Crippen LogP contribution < -0.4 is 25.0 Å². The molecule has 1 fully saturated rings. The van der Waals surface area contributed by atoms with Gasteiger partial charge in [0.2, 0.25) is 0 Å². The maximum atomic E-state index is 12.3. The number of carbonyl (C=O) groups is 2. The molecule has 0 bridgehead atoms. The van der Waals surface area contributed by atoms with Crippen LogP contribution in [0.4, 0.5) is 26.7 Å². The molecule has 0 saturated carbocycles. The lowest BCUT2D eigenvalue weighted by molar-refractivity contribution is 0.142. The van der Waals surface area contributed by atoms with Crippen LogP contribution in [0, 0.1) is 0 Å². The maximum Gasteiger partial charge on any atom is 0.407 e. The third kappa shape index (κ3) is 5.22. The molecule has 0 aliphatic carbocycles. The molecule has 2 aromatic rings. The van der Waals surface area contributed by atoms with E-state index in [1.165, 1.54) is 4.90 Å². The van der Waals surface area contributed by atoms with Crippen molar-refractivity contribution in [1.29, 1.82) is 0 Å². The molecule has 0 unspecified atom stereocenters. The first kappa shape index (κ1) is 20.1. The predicted octanol–water partition coefficient (Wildman–Crippen LogP) is 3.15. The SMILES string of the molecule is COc1cc(NC(=O)Nc2ccc(N3CCN(C(=O)O)CC3)cc2)cc(OC)c1. The molecule has 1 aliphatic rings. The van der Waals surface area contributed by atoms with Gasteiger partial charge in [0.05, 0.1) is 14.2 Å². The second-order valence-corrected chi connectivity index (χ2v) is 6.48. The summed E-state index contributed by atoms with van der Waals surface area (Å²) in [6.45, 7) is 2.22. The van der Waals surface area contributed by atoms with E-state index < -0.39 is 6.09 Å². The summed E-state index contributed by atoms with van der Waals surface area (Å²) in [7, 11) is 3.09. The van der Waals surface area contributed by atoms with Crippen LogP contribution in [-0.4, -0.2) is 62.5 Å². The molecule has 1 saturated heterocycles. The van der Waals surface area contributed by atoms with Gasteiger partial charge >= 0.3 is 12.1 Å². The average Bonchev–Trinajstić information content (AvgIpc) is 2.74. The van der Waals surface area contributed by atoms with E-state index in [9.17, 15) is 9.59 Å². The Kier molecular flexibility index (Phi) is 6.28. The van der Waals surface area contributed by atoms with Crippen LogP contribution in [-0.2, 0) is 0 Å². The van der Waals surface area contributed by atoms with Crippen molar-refractivity contribution in [3.8, 4) is 11.5 Å². The van der Waals surface area contributed by atoms with Crippen molar-refractivity contribution in [2.24, 2.45) is 0 Å². The summed E-state index contributed by atoms with van der Waals surface area (Å²) in [4.78, 5) is 26.8. The number of ether oxygens (including phenoxy) is 2. The number of piperazine rings is 1. The van der Waals surface area contributed by atoms with Crippen LogP contribution in [0.1, 0.15) is 0 Å². The minimum absolute atomic E-state index is 0.386. The quantitative estimate of drug-likeness (QED) is 0.712. The van der Waals surface area contributed by atoms with Crippen molar-refractivity contribution in [2.45, 2.75) is 0 Å². The fourth-order valence-electron chi connectivity index (χ4n) is 3.08. The highest BCUT2D eigenvalue weighted by atomic mass is 16.5. The molecular formula is C20H24N4O5. The zero-order chi connectivity index (χ0) is 20.8. The molecule has 154 valence electrons. The molecule has 9 heteroatoms. The van der Waals surface area contributed by atoms with Crippen LogP contribution in [0.15, 0.2) is 42.5 Å². The van der Waals surface area contributed by atoms with Crippen molar-refractivity contribution in [1.82, 2.24) is 4.90 Å². The summed E-state index contributed by atoms with van der Waals surface area (Å²) in [6.07, 6.45) is -0.885. The number of carbonyl (C=O) groups excluding carboxylic acids is 1. The van der Waals surface area contributed by atoms with Gasteiger partial charge in [-0.3, -0.25) is 0 Å². The number of benzene rings is 2. The number of urea groups is 1. The Morgan fingerprint density at radius 1 is 0.862 bits per heavy atom. The van der Waals surface area contributed by atoms with Gasteiger partial charge in [-0.15, -0.1) is 0 Å². The molecule has 29 heavy (non-hydrogen) atoms. The lowest BCUT2D eigenvalue weighted by atomic mass is 10.2. The number of hydrogen-bond donors (Lipinski definition) is 3. The summed E-state index contributed by atoms with van der Waals surface area (Å²) in [5.41, 5.74) is 2.18. The summed E-state index contributed by atoms with van der Waals surface area (Å²) in [5, 5.41) is 14.6. The highest BCUT2D eigenvalue weighted by Crippen LogP contribution is 2.26. The van der Waals surface area contributed by atoms with Crippen LogP contribution in [0.2, 0.25) is 0 Å². The van der Waals surface area contributed by atoms with Gasteiger partial charge in [-0.25, -0.2) is 9.59 Å². The van der Waals surface area contributed by atoms with Crippen molar-refractivity contribution in [3.63, 3.8) is 0 Å². The van der Waals surface area contributed by atoms with Crippen LogP contribution in [0.3, 0.4) is 0 Å². The first-order chi connectivity index (χ1) is 14.0. The van der Waals surface area contributed by atoms with Crippen LogP contribution >= 0.6 is 0 Å². The Morgan fingerprint density at radius 3 is 1.93 bits per heavy atom. The van der Waals surface area contributed by atoms with Crippen molar-refractivity contribution in [2.75, 3.05) is 55.9 Å². The normalized spacial score (nSPS) is 13.6. The smallest absolute Gasteiger partial charge is 0.407 e. The van der Waals surface area contributed by atoms with Crippen LogP contribution in [0.5, 0.6) is 11.5 Å². The lowest BCUT2D eigenvalue weighted by Crippen LogP contribution is -2.48. The highest BCUT2D eigenvalue weighted by Gasteiger charge is 2.20. The van der Waals surface area contributed by atoms with E-state index in [-0.39, 0.29) is 6.03 Å². The Balaban J connectivity index is 1.57. The monoisotopic (exact) mass is 400 g/mol. The zero-order valence-corrected chi connectivity index (χ0v) is 16.3. The van der Waals surface area contributed by atoms with Crippen LogP contribution in [0.25, 0.3) is 0 Å². The average molecular weight is 400 g/mol. The molecular weight excluding hydrogens is 376 g/mol. The minimum Gasteiger partial charge on any atom is -0.497 e. The minimum atomic E-state index is -0.885. The first-order valence-corrected chi connectivity index (χ1v) is 9.12. The van der Waals surface area contributed by atoms with E-state index in [2.05, 4.69) is 15.5 Å². The van der Waals surface area contributed by atoms with Gasteiger partial charge in [0.15, 0.2) is 0 Å². The molecule has 1 heterocycles. The molecule has 1 aliphatic heterocycles. The molecule has 3 amide bonds. The molecule has 3 rings (SSSR count). The number of anilines is 3. The van der Waals surface area contributed by atoms with Gasteiger partial charge in [-0.2, -0.15) is 0 Å². The standard InChI is InChI=1S/C20H24N4O5/c1-28-17-11-15(12-18(13-17)29-2)22-19(25)21-14-3-5-16(6-4-14)23-7-9-24(10-8-23)20(26)27/h3-6,11-13H,7-10H2,1-2H3,(H,26,27)(H2,21,22,25). The summed E-state index contributed by atoms with van der Waals surface area (Å²) < 4.78 is 10.4. The molecule has 0 aromatic heterocycles. The van der Waals surface area contributed by atoms with E-state index >= 15 is 0 Å².